The van der Waals surface area contributed by atoms with Crippen LogP contribution in [0.5, 0.6) is 0 Å². The highest BCUT2D eigenvalue weighted by Gasteiger charge is 2.21. The summed E-state index contributed by atoms with van der Waals surface area (Å²) in [5.41, 5.74) is 0.779. The molecule has 6 heteroatoms. The predicted octanol–water partition coefficient (Wildman–Crippen LogP) is 3.15. The number of nitrogens with zero attached hydrogens (tertiary/aromatic N) is 3. The quantitative estimate of drug-likeness (QED) is 0.536. The lowest BCUT2D eigenvalue weighted by Gasteiger charge is -2.28. The summed E-state index contributed by atoms with van der Waals surface area (Å²) in [4.78, 5) is 32.3. The first-order chi connectivity index (χ1) is 12.2. The number of piperidine rings is 1. The molecule has 2 aromatic heterocycles. The highest BCUT2D eigenvalue weighted by atomic mass is 32.1. The predicted molar refractivity (Wildman–Crippen MR) is 104 cm³/mol. The summed E-state index contributed by atoms with van der Waals surface area (Å²) < 4.78 is 2.00. The molecule has 1 fully saturated rings. The van der Waals surface area contributed by atoms with Crippen LogP contribution < -0.4 is 15.2 Å². The molecule has 1 saturated heterocycles. The van der Waals surface area contributed by atoms with Gasteiger partial charge in [-0.1, -0.05) is 29.5 Å². The van der Waals surface area contributed by atoms with Crippen molar-refractivity contribution in [3.05, 3.63) is 56.8 Å². The highest BCUT2D eigenvalue weighted by Crippen LogP contribution is 2.28. The molecule has 0 unspecified atom stereocenters. The van der Waals surface area contributed by atoms with Crippen LogP contribution in [0.25, 0.3) is 21.1 Å². The zero-order valence-corrected chi connectivity index (χ0v) is 14.7. The first kappa shape index (κ1) is 16.0. The maximum Gasteiger partial charge on any atom is 0.330 e. The Labute approximate surface area is 148 Å². The Hall–Kier alpha value is -2.47. The molecule has 0 amide bonds. The van der Waals surface area contributed by atoms with Gasteiger partial charge in [-0.2, -0.15) is 4.98 Å². The van der Waals surface area contributed by atoms with Crippen LogP contribution in [0, 0.1) is 0 Å². The SMILES string of the molecule is C=CCn1c2ccccc2c(=O)c2c(N3CCCCC3)nc(=O)sc21. The van der Waals surface area contributed by atoms with Crippen molar-refractivity contribution in [2.45, 2.75) is 25.8 Å². The van der Waals surface area contributed by atoms with Gasteiger partial charge in [-0.3, -0.25) is 9.59 Å². The van der Waals surface area contributed by atoms with E-state index in [0.29, 0.717) is 28.0 Å². The number of pyridine rings is 1. The van der Waals surface area contributed by atoms with Crippen LogP contribution in [0.2, 0.25) is 0 Å². The molecule has 3 aromatic rings. The monoisotopic (exact) mass is 353 g/mol. The van der Waals surface area contributed by atoms with Crippen molar-refractivity contribution in [3.8, 4) is 0 Å². The summed E-state index contributed by atoms with van der Waals surface area (Å²) in [6.45, 7) is 6.04. The Balaban J connectivity index is 2.16. The van der Waals surface area contributed by atoms with Crippen LogP contribution in [-0.4, -0.2) is 22.6 Å². The molecule has 5 nitrogen and oxygen atoms in total. The third-order valence-electron chi connectivity index (χ3n) is 4.70. The van der Waals surface area contributed by atoms with E-state index < -0.39 is 0 Å². The molecule has 128 valence electrons. The van der Waals surface area contributed by atoms with Gasteiger partial charge in [-0.15, -0.1) is 6.58 Å². The minimum Gasteiger partial charge on any atom is -0.356 e. The number of hydrogen-bond acceptors (Lipinski definition) is 5. The Bertz CT molecular complexity index is 1080. The van der Waals surface area contributed by atoms with Crippen molar-refractivity contribution >= 4 is 38.3 Å². The van der Waals surface area contributed by atoms with E-state index in [2.05, 4.69) is 16.5 Å². The standard InChI is InChI=1S/C19H19N3O2S/c1-2-10-22-14-9-5-4-8-13(14)16(23)15-17(20-19(24)25-18(15)22)21-11-6-3-7-12-21/h2,4-5,8-9H,1,3,6-7,10-12H2. The van der Waals surface area contributed by atoms with E-state index in [4.69, 9.17) is 0 Å². The largest absolute Gasteiger partial charge is 0.356 e. The van der Waals surface area contributed by atoms with Gasteiger partial charge in [0.25, 0.3) is 0 Å². The second-order valence-electron chi connectivity index (χ2n) is 6.28. The summed E-state index contributed by atoms with van der Waals surface area (Å²) in [7, 11) is 0. The molecule has 0 saturated carbocycles. The van der Waals surface area contributed by atoms with Gasteiger partial charge in [0.05, 0.1) is 10.9 Å². The van der Waals surface area contributed by atoms with Crippen LogP contribution in [0.15, 0.2) is 46.5 Å². The zero-order chi connectivity index (χ0) is 17.4. The van der Waals surface area contributed by atoms with E-state index in [0.717, 1.165) is 42.8 Å². The van der Waals surface area contributed by atoms with Crippen molar-refractivity contribution < 1.29 is 0 Å². The number of para-hydroxylation sites is 1. The van der Waals surface area contributed by atoms with Crippen molar-refractivity contribution in [1.82, 2.24) is 9.55 Å². The summed E-state index contributed by atoms with van der Waals surface area (Å²) in [6, 6.07) is 7.53. The number of benzene rings is 1. The molecule has 0 aliphatic carbocycles. The fraction of sp³-hybridized carbons (Fsp3) is 0.316. The normalized spacial score (nSPS) is 15.0. The molecular weight excluding hydrogens is 334 g/mol. The molecule has 0 N–H and O–H groups in total. The number of rotatable bonds is 3. The fourth-order valence-corrected chi connectivity index (χ4v) is 4.44. The molecule has 3 heterocycles. The Morgan fingerprint density at radius 2 is 1.92 bits per heavy atom. The third kappa shape index (κ3) is 2.66. The van der Waals surface area contributed by atoms with E-state index in [1.54, 1.807) is 6.08 Å². The van der Waals surface area contributed by atoms with Crippen LogP contribution in [0.3, 0.4) is 0 Å². The first-order valence-electron chi connectivity index (χ1n) is 8.53. The van der Waals surface area contributed by atoms with E-state index in [-0.39, 0.29) is 10.3 Å². The summed E-state index contributed by atoms with van der Waals surface area (Å²) >= 11 is 1.04. The van der Waals surface area contributed by atoms with Gasteiger partial charge in [0.15, 0.2) is 0 Å². The summed E-state index contributed by atoms with van der Waals surface area (Å²) in [6.07, 6.45) is 5.08. The van der Waals surface area contributed by atoms with Gasteiger partial charge >= 0.3 is 4.87 Å². The molecule has 1 aliphatic heterocycles. The third-order valence-corrected chi connectivity index (χ3v) is 5.58. The average molecular weight is 353 g/mol. The molecule has 0 radical (unpaired) electrons. The Morgan fingerprint density at radius 1 is 1.16 bits per heavy atom. The van der Waals surface area contributed by atoms with E-state index >= 15 is 0 Å². The topological polar surface area (TPSA) is 55.2 Å². The first-order valence-corrected chi connectivity index (χ1v) is 9.34. The number of aromatic nitrogens is 2. The lowest BCUT2D eigenvalue weighted by Crippen LogP contribution is -2.32. The maximum absolute atomic E-state index is 13.2. The lowest BCUT2D eigenvalue weighted by molar-refractivity contribution is 0.574. The van der Waals surface area contributed by atoms with Gasteiger partial charge in [-0.25, -0.2) is 0 Å². The molecule has 0 bridgehead atoms. The molecular formula is C19H19N3O2S. The zero-order valence-electron chi connectivity index (χ0n) is 13.9. The molecule has 25 heavy (non-hydrogen) atoms. The average Bonchev–Trinajstić information content (AvgIpc) is 2.65. The number of allylic oxidation sites excluding steroid dienone is 1. The molecule has 0 spiro atoms. The van der Waals surface area contributed by atoms with E-state index in [1.807, 2.05) is 28.8 Å². The van der Waals surface area contributed by atoms with Crippen molar-refractivity contribution in [2.24, 2.45) is 0 Å². The van der Waals surface area contributed by atoms with Gasteiger partial charge in [-0.05, 0) is 31.4 Å². The van der Waals surface area contributed by atoms with E-state index in [9.17, 15) is 9.59 Å². The van der Waals surface area contributed by atoms with Gasteiger partial charge in [0.2, 0.25) is 5.43 Å². The Morgan fingerprint density at radius 3 is 2.68 bits per heavy atom. The molecule has 0 atom stereocenters. The van der Waals surface area contributed by atoms with Crippen LogP contribution >= 0.6 is 11.3 Å². The van der Waals surface area contributed by atoms with Crippen LogP contribution in [0.4, 0.5) is 5.82 Å². The number of hydrogen-bond donors (Lipinski definition) is 0. The van der Waals surface area contributed by atoms with Crippen molar-refractivity contribution in [3.63, 3.8) is 0 Å². The van der Waals surface area contributed by atoms with Crippen LogP contribution in [0.1, 0.15) is 19.3 Å². The molecule has 1 aliphatic rings. The summed E-state index contributed by atoms with van der Waals surface area (Å²) in [5.74, 6) is 0.548. The minimum atomic E-state index is -0.263. The maximum atomic E-state index is 13.2. The molecule has 1 aromatic carbocycles. The minimum absolute atomic E-state index is 0.0461. The molecule has 4 rings (SSSR count). The van der Waals surface area contributed by atoms with Gasteiger partial charge in [0.1, 0.15) is 10.6 Å². The van der Waals surface area contributed by atoms with Crippen molar-refractivity contribution in [1.29, 1.82) is 0 Å². The van der Waals surface area contributed by atoms with Gasteiger partial charge in [0, 0.05) is 25.0 Å². The second kappa shape index (κ2) is 6.44. The van der Waals surface area contributed by atoms with Crippen molar-refractivity contribution in [2.75, 3.05) is 18.0 Å². The smallest absolute Gasteiger partial charge is 0.330 e. The summed E-state index contributed by atoms with van der Waals surface area (Å²) in [5, 5.41) is 1.22. The van der Waals surface area contributed by atoms with Crippen LogP contribution in [-0.2, 0) is 6.54 Å². The van der Waals surface area contributed by atoms with E-state index in [1.165, 1.54) is 6.42 Å². The number of fused-ring (bicyclic) bond motifs is 2. The van der Waals surface area contributed by atoms with Gasteiger partial charge < -0.3 is 9.47 Å². The lowest BCUT2D eigenvalue weighted by atomic mass is 10.1. The Kier molecular flexibility index (Phi) is 4.13. The second-order valence-corrected chi connectivity index (χ2v) is 7.22. The fourth-order valence-electron chi connectivity index (χ4n) is 3.57. The highest BCUT2D eigenvalue weighted by molar-refractivity contribution is 7.15. The number of anilines is 1.